The number of nitrogens with zero attached hydrogens (tertiary/aromatic N) is 4. The van der Waals surface area contributed by atoms with E-state index in [9.17, 15) is 4.39 Å². The van der Waals surface area contributed by atoms with Crippen LogP contribution >= 0.6 is 11.6 Å². The molecule has 1 atom stereocenters. The van der Waals surface area contributed by atoms with Crippen LogP contribution in [-0.4, -0.2) is 24.5 Å². The monoisotopic (exact) mass is 406 g/mol. The normalized spacial score (nSPS) is 12.5. The summed E-state index contributed by atoms with van der Waals surface area (Å²) in [5, 5.41) is 5.05. The van der Waals surface area contributed by atoms with Crippen molar-refractivity contribution in [2.45, 2.75) is 13.0 Å². The maximum Gasteiger partial charge on any atom is 0.182 e. The first kappa shape index (κ1) is 17.6. The fourth-order valence-electron chi connectivity index (χ4n) is 3.57. The van der Waals surface area contributed by atoms with E-state index in [-0.39, 0.29) is 11.9 Å². The highest BCUT2D eigenvalue weighted by molar-refractivity contribution is 6.31. The number of hydrogen-bond donors (Lipinski definition) is 2. The van der Waals surface area contributed by atoms with E-state index >= 15 is 0 Å². The Bertz CT molecular complexity index is 1340. The fraction of sp³-hybridized carbons (Fsp3) is 0.0952. The predicted octanol–water partition coefficient (Wildman–Crippen LogP) is 5.26. The number of anilines is 1. The number of aromatic nitrogens is 5. The molecule has 0 aliphatic heterocycles. The second kappa shape index (κ2) is 6.86. The van der Waals surface area contributed by atoms with Gasteiger partial charge in [-0.25, -0.2) is 19.3 Å². The molecule has 0 spiro atoms. The van der Waals surface area contributed by atoms with Crippen LogP contribution in [0.4, 0.5) is 10.2 Å². The van der Waals surface area contributed by atoms with Gasteiger partial charge in [-0.1, -0.05) is 23.7 Å². The predicted molar refractivity (Wildman–Crippen MR) is 112 cm³/mol. The molecule has 6 nitrogen and oxygen atoms in total. The first-order chi connectivity index (χ1) is 14.1. The number of hydrogen-bond acceptors (Lipinski definition) is 4. The molecular formula is C21H16ClFN6. The van der Waals surface area contributed by atoms with E-state index in [1.807, 2.05) is 35.8 Å². The van der Waals surface area contributed by atoms with Crippen molar-refractivity contribution in [1.29, 1.82) is 0 Å². The molecule has 0 fully saturated rings. The maximum atomic E-state index is 14.0. The summed E-state index contributed by atoms with van der Waals surface area (Å²) in [6.45, 7) is 2.02. The summed E-state index contributed by atoms with van der Waals surface area (Å²) in [5.74, 6) is 0.349. The van der Waals surface area contributed by atoms with Gasteiger partial charge >= 0.3 is 0 Å². The largest absolute Gasteiger partial charge is 0.360 e. The van der Waals surface area contributed by atoms with Gasteiger partial charge in [0.1, 0.15) is 17.7 Å². The van der Waals surface area contributed by atoms with Crippen LogP contribution in [0.25, 0.3) is 27.8 Å². The highest BCUT2D eigenvalue weighted by atomic mass is 35.5. The van der Waals surface area contributed by atoms with Gasteiger partial charge in [-0.05, 0) is 43.3 Å². The van der Waals surface area contributed by atoms with Crippen LogP contribution in [-0.2, 0) is 0 Å². The zero-order valence-electron chi connectivity index (χ0n) is 15.4. The topological polar surface area (TPSA) is 71.4 Å². The molecule has 29 heavy (non-hydrogen) atoms. The van der Waals surface area contributed by atoms with Crippen molar-refractivity contribution in [3.8, 4) is 5.69 Å². The first-order valence-corrected chi connectivity index (χ1v) is 9.45. The van der Waals surface area contributed by atoms with Crippen molar-refractivity contribution < 1.29 is 4.39 Å². The molecule has 0 bridgehead atoms. The Morgan fingerprint density at radius 1 is 1.10 bits per heavy atom. The van der Waals surface area contributed by atoms with E-state index in [2.05, 4.69) is 31.3 Å². The third kappa shape index (κ3) is 3.09. The first-order valence-electron chi connectivity index (χ1n) is 9.07. The van der Waals surface area contributed by atoms with Crippen molar-refractivity contribution in [2.75, 3.05) is 5.32 Å². The molecule has 3 aromatic heterocycles. The zero-order chi connectivity index (χ0) is 20.0. The number of nitrogens with one attached hydrogen (secondary N) is 2. The molecule has 0 saturated carbocycles. The summed E-state index contributed by atoms with van der Waals surface area (Å²) < 4.78 is 16.0. The number of fused-ring (bicyclic) bond motifs is 2. The third-order valence-electron chi connectivity index (χ3n) is 4.88. The minimum absolute atomic E-state index is 0.147. The number of rotatable bonds is 4. The molecule has 0 radical (unpaired) electrons. The minimum Gasteiger partial charge on any atom is -0.360 e. The summed E-state index contributed by atoms with van der Waals surface area (Å²) in [7, 11) is 0. The summed E-state index contributed by atoms with van der Waals surface area (Å²) in [5.41, 5.74) is 3.89. The van der Waals surface area contributed by atoms with E-state index in [4.69, 9.17) is 11.6 Å². The third-order valence-corrected chi connectivity index (χ3v) is 5.12. The minimum atomic E-state index is -0.298. The van der Waals surface area contributed by atoms with Crippen LogP contribution in [0.5, 0.6) is 0 Å². The molecule has 2 N–H and O–H groups in total. The van der Waals surface area contributed by atoms with Crippen molar-refractivity contribution in [1.82, 2.24) is 24.5 Å². The van der Waals surface area contributed by atoms with Gasteiger partial charge in [0.2, 0.25) is 0 Å². The summed E-state index contributed by atoms with van der Waals surface area (Å²) >= 11 is 6.25. The molecule has 144 valence electrons. The second-order valence-corrected chi connectivity index (χ2v) is 7.21. The molecule has 0 amide bonds. The van der Waals surface area contributed by atoms with E-state index in [0.717, 1.165) is 27.8 Å². The van der Waals surface area contributed by atoms with E-state index in [1.54, 1.807) is 12.4 Å². The lowest BCUT2D eigenvalue weighted by Gasteiger charge is -2.18. The smallest absolute Gasteiger partial charge is 0.182 e. The van der Waals surface area contributed by atoms with E-state index in [1.165, 1.54) is 18.5 Å². The van der Waals surface area contributed by atoms with Gasteiger partial charge in [0, 0.05) is 21.8 Å². The Morgan fingerprint density at radius 2 is 2.00 bits per heavy atom. The van der Waals surface area contributed by atoms with Crippen LogP contribution in [0.2, 0.25) is 5.02 Å². The molecule has 3 heterocycles. The van der Waals surface area contributed by atoms with Gasteiger partial charge < -0.3 is 14.9 Å². The van der Waals surface area contributed by atoms with Crippen molar-refractivity contribution in [3.63, 3.8) is 0 Å². The van der Waals surface area contributed by atoms with E-state index < -0.39 is 0 Å². The molecule has 2 aromatic carbocycles. The Hall–Kier alpha value is -3.45. The van der Waals surface area contributed by atoms with Crippen molar-refractivity contribution in [3.05, 3.63) is 77.7 Å². The Labute approximate surface area is 170 Å². The molecule has 8 heteroatoms. The summed E-state index contributed by atoms with van der Waals surface area (Å²) in [4.78, 5) is 15.7. The lowest BCUT2D eigenvalue weighted by molar-refractivity contribution is 0.626. The number of imidazole rings is 1. The highest BCUT2D eigenvalue weighted by Crippen LogP contribution is 2.32. The van der Waals surface area contributed by atoms with Crippen LogP contribution in [0, 0.1) is 5.82 Å². The van der Waals surface area contributed by atoms with Crippen LogP contribution in [0.15, 0.2) is 61.2 Å². The zero-order valence-corrected chi connectivity index (χ0v) is 16.2. The van der Waals surface area contributed by atoms with Crippen LogP contribution < -0.4 is 5.32 Å². The van der Waals surface area contributed by atoms with Crippen molar-refractivity contribution in [2.24, 2.45) is 0 Å². The lowest BCUT2D eigenvalue weighted by atomic mass is 10.2. The molecule has 0 saturated heterocycles. The lowest BCUT2D eigenvalue weighted by Crippen LogP contribution is -2.13. The number of aromatic amines is 1. The van der Waals surface area contributed by atoms with Gasteiger partial charge in [-0.2, -0.15) is 0 Å². The van der Waals surface area contributed by atoms with Gasteiger partial charge in [0.15, 0.2) is 11.5 Å². The fourth-order valence-corrected chi connectivity index (χ4v) is 3.74. The summed E-state index contributed by atoms with van der Waals surface area (Å²) in [6.07, 6.45) is 3.06. The van der Waals surface area contributed by atoms with Gasteiger partial charge in [-0.3, -0.25) is 0 Å². The second-order valence-electron chi connectivity index (χ2n) is 6.78. The Balaban J connectivity index is 1.66. The molecule has 1 unspecified atom stereocenters. The van der Waals surface area contributed by atoms with Crippen LogP contribution in [0.1, 0.15) is 18.7 Å². The number of benzene rings is 2. The van der Waals surface area contributed by atoms with Crippen molar-refractivity contribution >= 4 is 39.5 Å². The van der Waals surface area contributed by atoms with E-state index in [0.29, 0.717) is 16.5 Å². The highest BCUT2D eigenvalue weighted by Gasteiger charge is 2.18. The Morgan fingerprint density at radius 3 is 2.86 bits per heavy atom. The standard InChI is InChI=1S/C21H16ClFN6/c1-12(28-21-19-20(25-10-24-19)26-11-27-21)17-7-13-5-6-14(22)8-18(13)29(17)16-4-2-3-15(23)9-16/h2-12H,1H3,(H2,24,25,26,27,28). The quantitative estimate of drug-likeness (QED) is 0.427. The average molecular weight is 407 g/mol. The molecule has 5 rings (SSSR count). The van der Waals surface area contributed by atoms with Gasteiger partial charge in [0.05, 0.1) is 17.9 Å². The molecular weight excluding hydrogens is 391 g/mol. The molecule has 0 aliphatic rings. The summed E-state index contributed by atoms with van der Waals surface area (Å²) in [6, 6.07) is 14.1. The Kier molecular flexibility index (Phi) is 4.17. The SMILES string of the molecule is CC(Nc1ncnc2nc[nH]c12)c1cc2ccc(Cl)cc2n1-c1cccc(F)c1. The van der Waals surface area contributed by atoms with Crippen LogP contribution in [0.3, 0.4) is 0 Å². The molecule has 5 aromatic rings. The molecule has 0 aliphatic carbocycles. The van der Waals surface area contributed by atoms with Gasteiger partial charge in [-0.15, -0.1) is 0 Å². The number of halogens is 2. The average Bonchev–Trinajstić information content (AvgIpc) is 3.33. The van der Waals surface area contributed by atoms with Gasteiger partial charge in [0.25, 0.3) is 0 Å². The maximum absolute atomic E-state index is 14.0. The number of H-pyrrole nitrogens is 1.